The second kappa shape index (κ2) is 51.4. The molecule has 1 N–H and O–H groups in total. The Morgan fingerprint density at radius 1 is 0.447 bits per heavy atom. The van der Waals surface area contributed by atoms with Crippen LogP contribution in [0.4, 0.5) is 0 Å². The van der Waals surface area contributed by atoms with Crippen LogP contribution in [0.3, 0.4) is 0 Å². The topological polar surface area (TPSA) is 94.1 Å². The third-order valence-corrected chi connectivity index (χ3v) is 37.8. The molecule has 460 valence electrons. The van der Waals surface area contributed by atoms with Crippen LogP contribution in [0.25, 0.3) is 0 Å². The molecule has 11 atom stereocenters. The molecule has 0 aromatic rings. The van der Waals surface area contributed by atoms with Gasteiger partial charge in [-0.3, -0.25) is 17.9 Å². The minimum atomic E-state index is -2.86. The van der Waals surface area contributed by atoms with Crippen LogP contribution in [-0.4, -0.2) is 77.3 Å². The first kappa shape index (κ1) is 89.1. The Morgan fingerprint density at radius 2 is 0.671 bits per heavy atom. The van der Waals surface area contributed by atoms with Crippen molar-refractivity contribution in [1.29, 1.82) is 0 Å². The van der Waals surface area contributed by atoms with Gasteiger partial charge in [-0.05, 0) is 234 Å². The van der Waals surface area contributed by atoms with E-state index in [9.17, 15) is 5.11 Å². The van der Waals surface area contributed by atoms with Gasteiger partial charge < -0.3 is 49.3 Å². The lowest BCUT2D eigenvalue weighted by Gasteiger charge is -2.31. The molecule has 0 aromatic carbocycles. The fourth-order valence-corrected chi connectivity index (χ4v) is 36.3. The van der Waals surface area contributed by atoms with Gasteiger partial charge in [0.05, 0.1) is 54.9 Å². The van der Waals surface area contributed by atoms with Crippen LogP contribution in [-0.2, 0) is 134 Å². The largest absolute Gasteiger partial charge is 0.489 e. The fourth-order valence-electron chi connectivity index (χ4n) is 6.99. The normalized spacial score (nSPS) is 18.8. The Balaban J connectivity index is -0.000000683. The van der Waals surface area contributed by atoms with Crippen molar-refractivity contribution in [3.8, 4) is 0 Å². The van der Waals surface area contributed by atoms with E-state index in [0.717, 1.165) is 45.6 Å². The summed E-state index contributed by atoms with van der Waals surface area (Å²) in [5.41, 5.74) is -10.5. The Bertz CT molecular complexity index is 1700. The average molecular weight is 1480 g/mol. The maximum Gasteiger partial charge on any atom is 0.247 e. The molecule has 9 nitrogen and oxygen atoms in total. The molecule has 0 aliphatic carbocycles. The van der Waals surface area contributed by atoms with Crippen molar-refractivity contribution in [2.45, 2.75) is 239 Å². The maximum atomic E-state index is 9.51. The van der Waals surface area contributed by atoms with Gasteiger partial charge in [-0.25, -0.2) is 0 Å². The summed E-state index contributed by atoms with van der Waals surface area (Å²) >= 11 is 41.9. The van der Waals surface area contributed by atoms with Crippen LogP contribution in [0.15, 0.2) is 0 Å². The quantitative estimate of drug-likeness (QED) is 0.0453. The monoisotopic (exact) mass is 1480 g/mol. The minimum Gasteiger partial charge on any atom is -0.489 e. The van der Waals surface area contributed by atoms with Crippen LogP contribution in [0.5, 0.6) is 0 Å². The smallest absolute Gasteiger partial charge is 0.247 e. The first-order valence-corrected chi connectivity index (χ1v) is 54.9. The summed E-state index contributed by atoms with van der Waals surface area (Å²) in [5.74, 6) is 4.85. The van der Waals surface area contributed by atoms with E-state index in [0.29, 0.717) is 52.8 Å². The molecule has 0 saturated carbocycles. The van der Waals surface area contributed by atoms with Gasteiger partial charge in [-0.2, -0.15) is 0 Å². The van der Waals surface area contributed by atoms with Crippen molar-refractivity contribution in [2.75, 3.05) is 17.3 Å². The fraction of sp³-hybridized carbons (Fsp3) is 1.00. The molecule has 0 rings (SSSR count). The van der Waals surface area contributed by atoms with Gasteiger partial charge >= 0.3 is 0 Å². The van der Waals surface area contributed by atoms with Crippen molar-refractivity contribution in [3.63, 3.8) is 0 Å². The lowest BCUT2D eigenvalue weighted by atomic mass is 10.1. The summed E-state index contributed by atoms with van der Waals surface area (Å²) in [5, 5.41) is 9.51. The molecule has 0 aliphatic heterocycles. The van der Waals surface area contributed by atoms with Gasteiger partial charge in [-0.1, -0.05) is 129 Å². The zero-order chi connectivity index (χ0) is 60.0. The third kappa shape index (κ3) is 59.6. The zero-order valence-electron chi connectivity index (χ0n) is 49.4. The molecule has 0 aromatic heterocycles. The number of rotatable bonds is 38. The van der Waals surface area contributed by atoms with Crippen molar-refractivity contribution < 1.29 is 41.3 Å². The number of thiol groups is 1. The number of hydrogen-bond acceptors (Lipinski definition) is 18. The zero-order valence-corrected chi connectivity index (χ0v) is 68.6. The molecule has 0 saturated heterocycles. The highest BCUT2D eigenvalue weighted by molar-refractivity contribution is 8.69. The van der Waals surface area contributed by atoms with Gasteiger partial charge in [0.2, 0.25) is 22.8 Å². The van der Waals surface area contributed by atoms with E-state index in [1.165, 1.54) is 58.0 Å². The second-order valence-corrected chi connectivity index (χ2v) is 58.7. The molecule has 0 bridgehead atoms. The molecular formula is C45H102O9P9S13-. The second-order valence-electron chi connectivity index (χ2n) is 21.2. The molecule has 0 aliphatic rings. The summed E-state index contributed by atoms with van der Waals surface area (Å²) < 4.78 is 50.3. The molecule has 0 amide bonds. The van der Waals surface area contributed by atoms with Gasteiger partial charge in [0, 0.05) is 31.3 Å². The highest BCUT2D eigenvalue weighted by atomic mass is 33.3. The standard InChI is InChI=1S/C30H65O6P3S6.C15H33O3PS2.H4P3.P2S5/c1-21(2)15-25(9)33-38(42,34-26(10)16-22(3)4)44-19-29(13)31-37(40,41)32-30(14)20-45-39(43,35-27(11)17-23(5)6)36-28(12)18-24(7)8;1-11(2)8-14(6)17-19(20,21-10-13(5)16)18-15(7)9-12(3)4;1-3-2;3-1-2-5-7-6-4/h21-30H,15-20H2,1-14H3,(H,40,41);11-16H,8-10H2,1-7H3;1-2H2;/q;;-1;. The molecule has 0 radical (unpaired) electrons. The van der Waals surface area contributed by atoms with Crippen molar-refractivity contribution in [3.05, 3.63) is 0 Å². The van der Waals surface area contributed by atoms with Gasteiger partial charge in [0.1, 0.15) is 0 Å². The van der Waals surface area contributed by atoms with E-state index >= 15 is 0 Å². The highest BCUT2D eigenvalue weighted by Crippen LogP contribution is 2.66. The van der Waals surface area contributed by atoms with E-state index in [-0.39, 0.29) is 48.8 Å². The van der Waals surface area contributed by atoms with E-state index in [1.807, 2.05) is 13.8 Å². The molecule has 31 heteroatoms. The third-order valence-electron chi connectivity index (χ3n) is 8.83. The van der Waals surface area contributed by atoms with Crippen LogP contribution in [0, 0.1) is 35.5 Å². The van der Waals surface area contributed by atoms with Gasteiger partial charge in [0.15, 0.2) is 0 Å². The van der Waals surface area contributed by atoms with Crippen LogP contribution in [0.1, 0.15) is 184 Å². The number of aliphatic hydroxyl groups is 1. The molecule has 0 spiro atoms. The Labute approximate surface area is 533 Å². The molecule has 76 heavy (non-hydrogen) atoms. The first-order chi connectivity index (χ1) is 34.8. The van der Waals surface area contributed by atoms with E-state index < -0.39 is 28.9 Å². The summed E-state index contributed by atoms with van der Waals surface area (Å²) in [6, 6.07) is 0. The van der Waals surface area contributed by atoms with E-state index in [4.69, 9.17) is 83.4 Å². The van der Waals surface area contributed by atoms with E-state index in [1.54, 1.807) is 25.3 Å². The number of hydrogen-bond donors (Lipinski definition) is 2. The van der Waals surface area contributed by atoms with E-state index in [2.05, 4.69) is 178 Å². The molecule has 0 fully saturated rings. The lowest BCUT2D eigenvalue weighted by molar-refractivity contribution is 0.142. The van der Waals surface area contributed by atoms with Crippen molar-refractivity contribution >= 4 is 207 Å². The molecule has 11 unspecified atom stereocenters. The predicted molar refractivity (Wildman–Crippen MR) is 393 cm³/mol. The summed E-state index contributed by atoms with van der Waals surface area (Å²) in [6.07, 6.45) is 4.94. The average Bonchev–Trinajstić information content (AvgIpc) is 3.20. The Morgan fingerprint density at radius 3 is 0.855 bits per heavy atom. The van der Waals surface area contributed by atoms with Crippen molar-refractivity contribution in [2.24, 2.45) is 35.5 Å². The minimum absolute atomic E-state index is 0.0111. The van der Waals surface area contributed by atoms with Crippen LogP contribution >= 0.6 is 109 Å². The SMILES string of the molecule is CC(C)CC(C)OP(=S)(OC(C)CC(C)C)SCC(C)O.CC(C)CC(C)OP(=S)(OC(C)CC(C)C)SCC(C)OP(=S)(S)OC(C)CSP(=S)(OC(C)CC(C)C)OC(C)CC(C)C.P[P-]P.S=PP=S=S=S=S. The van der Waals surface area contributed by atoms with Crippen molar-refractivity contribution in [1.82, 2.24) is 0 Å². The Kier molecular flexibility index (Phi) is 60.2. The molecule has 0 heterocycles. The van der Waals surface area contributed by atoms with Crippen LogP contribution in [0.2, 0.25) is 0 Å². The maximum absolute atomic E-state index is 9.51. The van der Waals surface area contributed by atoms with Gasteiger partial charge in [0.25, 0.3) is 0 Å². The van der Waals surface area contributed by atoms with Crippen LogP contribution < -0.4 is 0 Å². The summed E-state index contributed by atoms with van der Waals surface area (Å²) in [7, 11) is 13.1. The number of aliphatic hydroxyl groups excluding tert-OH is 1. The summed E-state index contributed by atoms with van der Waals surface area (Å²) in [4.78, 5) is 0. The molecular weight excluding hydrogens is 1380 g/mol. The Hall–Kier alpha value is 6.63. The first-order valence-electron chi connectivity index (χ1n) is 25.8. The van der Waals surface area contributed by atoms with Gasteiger partial charge in [-0.15, -0.1) is 0 Å². The lowest BCUT2D eigenvalue weighted by Crippen LogP contribution is -2.17. The summed E-state index contributed by atoms with van der Waals surface area (Å²) in [6.45, 7) is 44.3. The highest BCUT2D eigenvalue weighted by Gasteiger charge is 2.32. The predicted octanol–water partition coefficient (Wildman–Crippen LogP) is 21.1.